The number of carbonyl (C=O) groups excluding carboxylic acids is 1. The molecule has 0 unspecified atom stereocenters. The number of carbonyl (C=O) groups is 1. The monoisotopic (exact) mass is 330 g/mol. The molecular formula is C10H11IN4O. The maximum atomic E-state index is 11.8. The number of nitrogens with one attached hydrogen (secondary N) is 1. The van der Waals surface area contributed by atoms with Gasteiger partial charge in [-0.05, 0) is 35.1 Å². The van der Waals surface area contributed by atoms with E-state index < -0.39 is 0 Å². The molecule has 1 N–H and O–H groups in total. The Bertz CT molecular complexity index is 523. The van der Waals surface area contributed by atoms with Gasteiger partial charge in [0.1, 0.15) is 0 Å². The lowest BCUT2D eigenvalue weighted by Crippen LogP contribution is -2.25. The predicted octanol–water partition coefficient (Wildman–Crippen LogP) is 1.47. The molecule has 0 aromatic carbocycles. The van der Waals surface area contributed by atoms with Crippen LogP contribution in [0, 0.1) is 3.57 Å². The van der Waals surface area contributed by atoms with Gasteiger partial charge in [-0.25, -0.2) is 9.50 Å². The SMILES string of the molecule is CCCNC(=O)c1nn2cccnc2c1I. The second-order valence-corrected chi connectivity index (χ2v) is 4.39. The van der Waals surface area contributed by atoms with Crippen molar-refractivity contribution in [1.82, 2.24) is 19.9 Å². The lowest BCUT2D eigenvalue weighted by molar-refractivity contribution is 0.0947. The van der Waals surface area contributed by atoms with E-state index in [1.165, 1.54) is 0 Å². The van der Waals surface area contributed by atoms with Crippen LogP contribution in [0.2, 0.25) is 0 Å². The molecule has 2 heterocycles. The maximum Gasteiger partial charge on any atom is 0.272 e. The molecule has 16 heavy (non-hydrogen) atoms. The van der Waals surface area contributed by atoms with E-state index in [9.17, 15) is 4.79 Å². The minimum Gasteiger partial charge on any atom is -0.351 e. The molecule has 84 valence electrons. The molecule has 0 saturated carbocycles. The summed E-state index contributed by atoms with van der Waals surface area (Å²) in [4.78, 5) is 16.0. The van der Waals surface area contributed by atoms with Crippen molar-refractivity contribution in [2.75, 3.05) is 6.54 Å². The highest BCUT2D eigenvalue weighted by molar-refractivity contribution is 14.1. The fourth-order valence-electron chi connectivity index (χ4n) is 1.33. The van der Waals surface area contributed by atoms with Crippen LogP contribution < -0.4 is 5.32 Å². The fourth-order valence-corrected chi connectivity index (χ4v) is 2.07. The zero-order chi connectivity index (χ0) is 11.5. The van der Waals surface area contributed by atoms with Crippen molar-refractivity contribution in [3.05, 3.63) is 27.7 Å². The molecule has 0 spiro atoms. The number of aromatic nitrogens is 3. The van der Waals surface area contributed by atoms with Crippen LogP contribution in [0.3, 0.4) is 0 Å². The third-order valence-corrected chi connectivity index (χ3v) is 3.08. The van der Waals surface area contributed by atoms with E-state index >= 15 is 0 Å². The van der Waals surface area contributed by atoms with Crippen LogP contribution >= 0.6 is 22.6 Å². The number of hydrogen-bond acceptors (Lipinski definition) is 3. The largest absolute Gasteiger partial charge is 0.351 e. The molecule has 0 fully saturated rings. The van der Waals surface area contributed by atoms with E-state index in [1.807, 2.05) is 6.92 Å². The van der Waals surface area contributed by atoms with Gasteiger partial charge in [0, 0.05) is 18.9 Å². The molecule has 0 aliphatic heterocycles. The Morgan fingerprint density at radius 3 is 3.12 bits per heavy atom. The summed E-state index contributed by atoms with van der Waals surface area (Å²) in [5, 5.41) is 7.00. The van der Waals surface area contributed by atoms with Crippen LogP contribution in [0.1, 0.15) is 23.8 Å². The third-order valence-electron chi connectivity index (χ3n) is 2.09. The van der Waals surface area contributed by atoms with Gasteiger partial charge in [-0.2, -0.15) is 5.10 Å². The summed E-state index contributed by atoms with van der Waals surface area (Å²) in [5.41, 5.74) is 1.15. The molecule has 0 bridgehead atoms. The molecular weight excluding hydrogens is 319 g/mol. The second kappa shape index (κ2) is 4.77. The van der Waals surface area contributed by atoms with Crippen molar-refractivity contribution in [3.63, 3.8) is 0 Å². The highest BCUT2D eigenvalue weighted by Gasteiger charge is 2.17. The van der Waals surface area contributed by atoms with Gasteiger partial charge in [0.15, 0.2) is 11.3 Å². The number of nitrogens with zero attached hydrogens (tertiary/aromatic N) is 3. The highest BCUT2D eigenvalue weighted by Crippen LogP contribution is 2.15. The van der Waals surface area contributed by atoms with Crippen molar-refractivity contribution < 1.29 is 4.79 Å². The summed E-state index contributed by atoms with van der Waals surface area (Å²) < 4.78 is 2.40. The summed E-state index contributed by atoms with van der Waals surface area (Å²) >= 11 is 2.09. The molecule has 2 aromatic heterocycles. The van der Waals surface area contributed by atoms with Crippen molar-refractivity contribution in [3.8, 4) is 0 Å². The van der Waals surface area contributed by atoms with Gasteiger partial charge < -0.3 is 5.32 Å². The number of hydrogen-bond donors (Lipinski definition) is 1. The highest BCUT2D eigenvalue weighted by atomic mass is 127. The first-order chi connectivity index (χ1) is 7.74. The molecule has 0 aliphatic rings. The number of amides is 1. The quantitative estimate of drug-likeness (QED) is 0.867. The summed E-state index contributed by atoms with van der Waals surface area (Å²) in [6, 6.07) is 1.78. The van der Waals surface area contributed by atoms with E-state index in [4.69, 9.17) is 0 Å². The molecule has 5 nitrogen and oxygen atoms in total. The van der Waals surface area contributed by atoms with E-state index in [2.05, 4.69) is 38.0 Å². The van der Waals surface area contributed by atoms with E-state index in [1.54, 1.807) is 23.0 Å². The third kappa shape index (κ3) is 2.01. The van der Waals surface area contributed by atoms with Crippen molar-refractivity contribution >= 4 is 34.1 Å². The Morgan fingerprint density at radius 1 is 1.62 bits per heavy atom. The van der Waals surface area contributed by atoms with E-state index in [0.717, 1.165) is 9.99 Å². The Kier molecular flexibility index (Phi) is 3.37. The Labute approximate surface area is 106 Å². The van der Waals surface area contributed by atoms with Gasteiger partial charge in [-0.1, -0.05) is 6.92 Å². The normalized spacial score (nSPS) is 10.6. The van der Waals surface area contributed by atoms with Gasteiger partial charge in [0.25, 0.3) is 5.91 Å². The minimum atomic E-state index is -0.142. The van der Waals surface area contributed by atoms with Gasteiger partial charge in [-0.15, -0.1) is 0 Å². The number of halogens is 1. The average Bonchev–Trinajstić information content (AvgIpc) is 2.64. The Morgan fingerprint density at radius 2 is 2.44 bits per heavy atom. The summed E-state index contributed by atoms with van der Waals surface area (Å²) in [6.07, 6.45) is 4.38. The lowest BCUT2D eigenvalue weighted by Gasteiger charge is -1.99. The van der Waals surface area contributed by atoms with Crippen LogP contribution in [-0.2, 0) is 0 Å². The van der Waals surface area contributed by atoms with Gasteiger partial charge in [0.05, 0.1) is 3.57 Å². The predicted molar refractivity (Wildman–Crippen MR) is 68.3 cm³/mol. The molecule has 0 atom stereocenters. The summed E-state index contributed by atoms with van der Waals surface area (Å²) in [6.45, 7) is 2.67. The average molecular weight is 330 g/mol. The topological polar surface area (TPSA) is 59.3 Å². The van der Waals surface area contributed by atoms with Crippen LogP contribution in [0.15, 0.2) is 18.5 Å². The molecule has 2 rings (SSSR count). The summed E-state index contributed by atoms with van der Waals surface area (Å²) in [7, 11) is 0. The van der Waals surface area contributed by atoms with Crippen LogP contribution in [0.4, 0.5) is 0 Å². The molecule has 2 aromatic rings. The van der Waals surface area contributed by atoms with E-state index in [0.29, 0.717) is 17.9 Å². The Balaban J connectivity index is 2.37. The molecule has 6 heteroatoms. The van der Waals surface area contributed by atoms with Crippen LogP contribution in [-0.4, -0.2) is 27.0 Å². The van der Waals surface area contributed by atoms with Gasteiger partial charge in [0.2, 0.25) is 0 Å². The minimum absolute atomic E-state index is 0.142. The van der Waals surface area contributed by atoms with E-state index in [-0.39, 0.29) is 5.91 Å². The molecule has 1 amide bonds. The van der Waals surface area contributed by atoms with Crippen LogP contribution in [0.5, 0.6) is 0 Å². The molecule has 0 radical (unpaired) electrons. The lowest BCUT2D eigenvalue weighted by atomic mass is 10.4. The number of rotatable bonds is 3. The zero-order valence-electron chi connectivity index (χ0n) is 8.77. The standard InChI is InChI=1S/C10H11IN4O/c1-2-4-13-10(16)8-7(11)9-12-5-3-6-15(9)14-8/h3,5-6H,2,4H2,1H3,(H,13,16). The maximum absolute atomic E-state index is 11.8. The van der Waals surface area contributed by atoms with Gasteiger partial charge in [-0.3, -0.25) is 4.79 Å². The first-order valence-corrected chi connectivity index (χ1v) is 6.09. The number of fused-ring (bicyclic) bond motifs is 1. The fraction of sp³-hybridized carbons (Fsp3) is 0.300. The van der Waals surface area contributed by atoms with Crippen molar-refractivity contribution in [1.29, 1.82) is 0 Å². The zero-order valence-corrected chi connectivity index (χ0v) is 10.9. The smallest absolute Gasteiger partial charge is 0.272 e. The first-order valence-electron chi connectivity index (χ1n) is 5.01. The first kappa shape index (κ1) is 11.3. The molecule has 0 aliphatic carbocycles. The second-order valence-electron chi connectivity index (χ2n) is 3.31. The summed E-state index contributed by atoms with van der Waals surface area (Å²) in [5.74, 6) is -0.142. The van der Waals surface area contributed by atoms with Crippen molar-refractivity contribution in [2.24, 2.45) is 0 Å². The van der Waals surface area contributed by atoms with Crippen molar-refractivity contribution in [2.45, 2.75) is 13.3 Å². The Hall–Kier alpha value is -1.18. The van der Waals surface area contributed by atoms with Gasteiger partial charge >= 0.3 is 0 Å². The molecule has 0 saturated heterocycles. The van der Waals surface area contributed by atoms with Crippen LogP contribution in [0.25, 0.3) is 5.65 Å².